The third-order valence-corrected chi connectivity index (χ3v) is 3.24. The molecule has 1 saturated heterocycles. The number of nitrogens with zero attached hydrogens (tertiary/aromatic N) is 3. The zero-order valence-corrected chi connectivity index (χ0v) is 11.6. The molecule has 2 rings (SSSR count). The minimum Gasteiger partial charge on any atom is -0.394 e. The lowest BCUT2D eigenvalue weighted by Gasteiger charge is -2.21. The lowest BCUT2D eigenvalue weighted by atomic mass is 9.98. The van der Waals surface area contributed by atoms with Crippen molar-refractivity contribution in [1.29, 1.82) is 0 Å². The van der Waals surface area contributed by atoms with Gasteiger partial charge in [-0.15, -0.1) is 0 Å². The van der Waals surface area contributed by atoms with Gasteiger partial charge in [-0.2, -0.15) is 5.10 Å². The third-order valence-electron chi connectivity index (χ3n) is 3.24. The SMILES string of the molecule is CC(C)Cc1nc(C2CCCNC2=O)n(CCO)n1. The maximum atomic E-state index is 11.9. The van der Waals surface area contributed by atoms with Gasteiger partial charge in [0, 0.05) is 13.0 Å². The van der Waals surface area contributed by atoms with Crippen LogP contribution in [0, 0.1) is 5.92 Å². The average Bonchev–Trinajstić information content (AvgIpc) is 2.72. The van der Waals surface area contributed by atoms with Crippen LogP contribution < -0.4 is 5.32 Å². The van der Waals surface area contributed by atoms with Gasteiger partial charge in [0.15, 0.2) is 5.82 Å². The van der Waals surface area contributed by atoms with Gasteiger partial charge in [-0.3, -0.25) is 4.79 Å². The van der Waals surface area contributed by atoms with Crippen LogP contribution in [0.15, 0.2) is 0 Å². The number of aliphatic hydroxyl groups is 1. The van der Waals surface area contributed by atoms with E-state index in [-0.39, 0.29) is 18.4 Å². The van der Waals surface area contributed by atoms with Crippen LogP contribution in [-0.4, -0.2) is 38.9 Å². The van der Waals surface area contributed by atoms with Gasteiger partial charge in [-0.05, 0) is 18.8 Å². The number of carbonyl (C=O) groups excluding carboxylic acids is 1. The highest BCUT2D eigenvalue weighted by atomic mass is 16.3. The smallest absolute Gasteiger partial charge is 0.230 e. The van der Waals surface area contributed by atoms with Crippen LogP contribution in [0.3, 0.4) is 0 Å². The largest absolute Gasteiger partial charge is 0.394 e. The molecule has 19 heavy (non-hydrogen) atoms. The van der Waals surface area contributed by atoms with Gasteiger partial charge in [-0.1, -0.05) is 13.8 Å². The second-order valence-electron chi connectivity index (χ2n) is 5.42. The molecule has 1 fully saturated rings. The van der Waals surface area contributed by atoms with E-state index in [1.165, 1.54) is 0 Å². The molecule has 0 radical (unpaired) electrons. The van der Waals surface area contributed by atoms with Crippen LogP contribution in [-0.2, 0) is 17.8 Å². The first-order valence-corrected chi connectivity index (χ1v) is 6.94. The van der Waals surface area contributed by atoms with E-state index in [4.69, 9.17) is 5.11 Å². The molecule has 0 saturated carbocycles. The molecule has 1 amide bonds. The molecule has 106 valence electrons. The summed E-state index contributed by atoms with van der Waals surface area (Å²) in [5.41, 5.74) is 0. The molecule has 0 aromatic carbocycles. The van der Waals surface area contributed by atoms with Crippen molar-refractivity contribution in [2.24, 2.45) is 5.92 Å². The van der Waals surface area contributed by atoms with Gasteiger partial charge in [0.25, 0.3) is 0 Å². The van der Waals surface area contributed by atoms with E-state index in [1.807, 2.05) is 0 Å². The van der Waals surface area contributed by atoms with Crippen molar-refractivity contribution in [3.63, 3.8) is 0 Å². The van der Waals surface area contributed by atoms with Crippen molar-refractivity contribution in [1.82, 2.24) is 20.1 Å². The van der Waals surface area contributed by atoms with Gasteiger partial charge in [0.05, 0.1) is 19.1 Å². The van der Waals surface area contributed by atoms with E-state index in [0.29, 0.717) is 18.3 Å². The summed E-state index contributed by atoms with van der Waals surface area (Å²) in [6, 6.07) is 0. The predicted molar refractivity (Wildman–Crippen MR) is 70.6 cm³/mol. The van der Waals surface area contributed by atoms with E-state index >= 15 is 0 Å². The lowest BCUT2D eigenvalue weighted by Crippen LogP contribution is -2.36. The number of hydrogen-bond donors (Lipinski definition) is 2. The highest BCUT2D eigenvalue weighted by Crippen LogP contribution is 2.23. The maximum Gasteiger partial charge on any atom is 0.230 e. The topological polar surface area (TPSA) is 80.0 Å². The summed E-state index contributed by atoms with van der Waals surface area (Å²) in [4.78, 5) is 16.5. The van der Waals surface area contributed by atoms with Crippen molar-refractivity contribution >= 4 is 5.91 Å². The molecule has 6 heteroatoms. The fraction of sp³-hybridized carbons (Fsp3) is 0.769. The molecule has 0 bridgehead atoms. The number of nitrogens with one attached hydrogen (secondary N) is 1. The van der Waals surface area contributed by atoms with E-state index in [2.05, 4.69) is 29.2 Å². The monoisotopic (exact) mass is 266 g/mol. The minimum absolute atomic E-state index is 0.00577. The Kier molecular flexibility index (Phi) is 4.52. The Morgan fingerprint density at radius 3 is 2.95 bits per heavy atom. The van der Waals surface area contributed by atoms with Crippen LogP contribution in [0.1, 0.15) is 44.3 Å². The van der Waals surface area contributed by atoms with Gasteiger partial charge < -0.3 is 10.4 Å². The summed E-state index contributed by atoms with van der Waals surface area (Å²) >= 11 is 0. The van der Waals surface area contributed by atoms with Crippen molar-refractivity contribution in [2.45, 2.75) is 45.6 Å². The van der Waals surface area contributed by atoms with Crippen LogP contribution in [0.2, 0.25) is 0 Å². The molecule has 1 aromatic heterocycles. The average molecular weight is 266 g/mol. The highest BCUT2D eigenvalue weighted by Gasteiger charge is 2.29. The first kappa shape index (κ1) is 14.0. The van der Waals surface area contributed by atoms with E-state index in [1.54, 1.807) is 4.68 Å². The Balaban J connectivity index is 2.25. The predicted octanol–water partition coefficient (Wildman–Crippen LogP) is 0.462. The Morgan fingerprint density at radius 2 is 2.32 bits per heavy atom. The van der Waals surface area contributed by atoms with Crippen molar-refractivity contribution in [3.05, 3.63) is 11.6 Å². The Labute approximate surface area is 113 Å². The Hall–Kier alpha value is -1.43. The van der Waals surface area contributed by atoms with Gasteiger partial charge in [0.1, 0.15) is 5.82 Å². The van der Waals surface area contributed by atoms with Crippen LogP contribution in [0.5, 0.6) is 0 Å². The number of rotatable bonds is 5. The van der Waals surface area contributed by atoms with E-state index < -0.39 is 0 Å². The van der Waals surface area contributed by atoms with Crippen molar-refractivity contribution in [3.8, 4) is 0 Å². The number of carbonyl (C=O) groups is 1. The first-order chi connectivity index (χ1) is 9.11. The van der Waals surface area contributed by atoms with E-state index in [0.717, 1.165) is 31.6 Å². The lowest BCUT2D eigenvalue weighted by molar-refractivity contribution is -0.124. The molecule has 0 spiro atoms. The molecule has 1 unspecified atom stereocenters. The summed E-state index contributed by atoms with van der Waals surface area (Å²) in [5.74, 6) is 1.72. The normalized spacial score (nSPS) is 19.8. The molecular formula is C13H22N4O2. The molecule has 6 nitrogen and oxygen atoms in total. The Bertz CT molecular complexity index is 442. The number of piperidine rings is 1. The first-order valence-electron chi connectivity index (χ1n) is 6.94. The summed E-state index contributed by atoms with van der Waals surface area (Å²) in [6.45, 7) is 5.36. The van der Waals surface area contributed by atoms with Crippen LogP contribution in [0.25, 0.3) is 0 Å². The summed E-state index contributed by atoms with van der Waals surface area (Å²) in [7, 11) is 0. The molecule has 1 aliphatic heterocycles. The molecule has 0 aliphatic carbocycles. The van der Waals surface area contributed by atoms with Crippen LogP contribution >= 0.6 is 0 Å². The molecule has 2 heterocycles. The zero-order chi connectivity index (χ0) is 13.8. The zero-order valence-electron chi connectivity index (χ0n) is 11.6. The van der Waals surface area contributed by atoms with Crippen LogP contribution in [0.4, 0.5) is 0 Å². The molecule has 2 N–H and O–H groups in total. The highest BCUT2D eigenvalue weighted by molar-refractivity contribution is 5.83. The maximum absolute atomic E-state index is 11.9. The minimum atomic E-state index is -0.228. The standard InChI is InChI=1S/C13H22N4O2/c1-9(2)8-11-15-12(17(16-11)6-7-18)10-4-3-5-14-13(10)19/h9-10,18H,3-8H2,1-2H3,(H,14,19). The number of hydrogen-bond acceptors (Lipinski definition) is 4. The summed E-state index contributed by atoms with van der Waals surface area (Å²) < 4.78 is 1.69. The van der Waals surface area contributed by atoms with Crippen molar-refractivity contribution < 1.29 is 9.90 Å². The summed E-state index contributed by atoms with van der Waals surface area (Å²) in [5, 5.41) is 16.4. The van der Waals surface area contributed by atoms with E-state index in [9.17, 15) is 4.79 Å². The third kappa shape index (κ3) is 3.32. The fourth-order valence-corrected chi connectivity index (χ4v) is 2.39. The second kappa shape index (κ2) is 6.14. The Morgan fingerprint density at radius 1 is 1.53 bits per heavy atom. The molecule has 1 atom stereocenters. The van der Waals surface area contributed by atoms with Crippen molar-refractivity contribution in [2.75, 3.05) is 13.2 Å². The quantitative estimate of drug-likeness (QED) is 0.811. The van der Waals surface area contributed by atoms with Gasteiger partial charge in [-0.25, -0.2) is 9.67 Å². The fourth-order valence-electron chi connectivity index (χ4n) is 2.39. The number of aromatic nitrogens is 3. The molecule has 1 aromatic rings. The number of aliphatic hydroxyl groups excluding tert-OH is 1. The van der Waals surface area contributed by atoms with Gasteiger partial charge in [0.2, 0.25) is 5.91 Å². The number of amides is 1. The molecular weight excluding hydrogens is 244 g/mol. The molecule has 1 aliphatic rings. The van der Waals surface area contributed by atoms with Gasteiger partial charge >= 0.3 is 0 Å². The second-order valence-corrected chi connectivity index (χ2v) is 5.42. The summed E-state index contributed by atoms with van der Waals surface area (Å²) in [6.07, 6.45) is 2.55.